The van der Waals surface area contributed by atoms with Gasteiger partial charge in [0.25, 0.3) is 0 Å². The van der Waals surface area contributed by atoms with Crippen LogP contribution in [0.15, 0.2) is 59.0 Å². The maximum Gasteiger partial charge on any atom is 0.199 e. The number of amidine groups is 1. The lowest BCUT2D eigenvalue weighted by molar-refractivity contribution is 0.973. The Morgan fingerprint density at radius 1 is 1.29 bits per heavy atom. The van der Waals surface area contributed by atoms with Crippen LogP contribution in [-0.2, 0) is 0 Å². The van der Waals surface area contributed by atoms with E-state index in [0.29, 0.717) is 10.3 Å². The average Bonchev–Trinajstić information content (AvgIpc) is 2.37. The van der Waals surface area contributed by atoms with E-state index in [1.165, 1.54) is 37.6 Å². The van der Waals surface area contributed by atoms with Gasteiger partial charge in [-0.05, 0) is 37.5 Å². The third kappa shape index (κ3) is 6.30. The van der Waals surface area contributed by atoms with E-state index in [0.717, 1.165) is 0 Å². The Kier molecular flexibility index (Phi) is 7.44. The summed E-state index contributed by atoms with van der Waals surface area (Å²) in [6, 6.07) is 1.78. The summed E-state index contributed by atoms with van der Waals surface area (Å²) in [5.41, 5.74) is 0. The first-order valence-electron chi connectivity index (χ1n) is 4.49. The van der Waals surface area contributed by atoms with Gasteiger partial charge >= 0.3 is 0 Å². The van der Waals surface area contributed by atoms with Crippen LogP contribution < -0.4 is 0 Å². The van der Waals surface area contributed by atoms with Gasteiger partial charge in [0.05, 0.1) is 0 Å². The third-order valence-electron chi connectivity index (χ3n) is 1.25. The molecule has 0 radical (unpaired) electrons. The molecule has 0 amide bonds. The smallest absolute Gasteiger partial charge is 0.199 e. The van der Waals surface area contributed by atoms with E-state index in [1.54, 1.807) is 30.8 Å². The lowest BCUT2D eigenvalue weighted by Gasteiger charge is -1.97. The Morgan fingerprint density at radius 2 is 2.06 bits per heavy atom. The maximum absolute atomic E-state index is 4.09. The van der Waals surface area contributed by atoms with Gasteiger partial charge in [0.2, 0.25) is 0 Å². The number of allylic oxidation sites excluding steroid dienone is 1. The van der Waals surface area contributed by atoms with Crippen LogP contribution in [0.2, 0.25) is 0 Å². The monoisotopic (exact) mass is 282 g/mol. The molecule has 1 rings (SSSR count). The molecule has 4 nitrogen and oxygen atoms in total. The van der Waals surface area contributed by atoms with Crippen molar-refractivity contribution in [1.29, 1.82) is 0 Å². The predicted molar refractivity (Wildman–Crippen MR) is 79.4 cm³/mol. The fourth-order valence-electron chi connectivity index (χ4n) is 0.677. The highest BCUT2D eigenvalue weighted by atomic mass is 33.5. The summed E-state index contributed by atoms with van der Waals surface area (Å²) in [6.07, 6.45) is 8.04. The van der Waals surface area contributed by atoms with Crippen LogP contribution in [0, 0.1) is 0 Å². The normalized spacial score (nSPS) is 11.6. The second-order valence-corrected chi connectivity index (χ2v) is 6.21. The van der Waals surface area contributed by atoms with Crippen molar-refractivity contribution in [2.45, 2.75) is 5.16 Å². The van der Waals surface area contributed by atoms with Crippen LogP contribution in [-0.4, -0.2) is 21.4 Å². The lowest BCUT2D eigenvalue weighted by atomic mass is 10.7. The zero-order chi connectivity index (χ0) is 12.3. The van der Waals surface area contributed by atoms with Gasteiger partial charge < -0.3 is 0 Å². The molecule has 1 aromatic heterocycles. The van der Waals surface area contributed by atoms with Gasteiger partial charge in [-0.15, -0.1) is 0 Å². The first kappa shape index (κ1) is 14.0. The molecule has 0 spiro atoms. The molecule has 0 aromatic carbocycles. The predicted octanol–water partition coefficient (Wildman–Crippen LogP) is 3.62. The summed E-state index contributed by atoms with van der Waals surface area (Å²) < 4.78 is 0. The van der Waals surface area contributed by atoms with Crippen molar-refractivity contribution in [1.82, 2.24) is 9.97 Å². The molecule has 1 aromatic rings. The fraction of sp³-hybridized carbons (Fsp3) is 0. The van der Waals surface area contributed by atoms with E-state index in [2.05, 4.69) is 33.1 Å². The highest BCUT2D eigenvalue weighted by Gasteiger charge is 2.01. The van der Waals surface area contributed by atoms with Crippen molar-refractivity contribution in [2.75, 3.05) is 0 Å². The summed E-state index contributed by atoms with van der Waals surface area (Å²) in [6.45, 7) is 7.08. The number of hydrogen-bond donors (Lipinski definition) is 0. The first-order valence-corrected chi connectivity index (χ1v) is 7.97. The zero-order valence-corrected chi connectivity index (χ0v) is 11.3. The molecule has 0 atom stereocenters. The SMILES string of the molecule is C=C/C=N\C(=N/C=C)SSSc1ncccn1. The van der Waals surface area contributed by atoms with E-state index in [4.69, 9.17) is 0 Å². The van der Waals surface area contributed by atoms with Crippen LogP contribution in [0.25, 0.3) is 0 Å². The number of hydrogen-bond acceptors (Lipinski definition) is 6. The molecule has 0 N–H and O–H groups in total. The van der Waals surface area contributed by atoms with Crippen molar-refractivity contribution in [3.8, 4) is 0 Å². The highest BCUT2D eigenvalue weighted by Crippen LogP contribution is 2.39. The van der Waals surface area contributed by atoms with Crippen molar-refractivity contribution in [3.05, 3.63) is 43.9 Å². The number of aromatic nitrogens is 2. The molecule has 0 saturated heterocycles. The van der Waals surface area contributed by atoms with Gasteiger partial charge in [0.1, 0.15) is 0 Å². The Bertz CT molecular complexity index is 417. The first-order chi connectivity index (χ1) is 8.36. The summed E-state index contributed by atoms with van der Waals surface area (Å²) >= 11 is 0. The molecule has 17 heavy (non-hydrogen) atoms. The second kappa shape index (κ2) is 9.03. The number of rotatable bonds is 5. The van der Waals surface area contributed by atoms with Gasteiger partial charge in [0.15, 0.2) is 10.3 Å². The van der Waals surface area contributed by atoms with Gasteiger partial charge in [-0.3, -0.25) is 0 Å². The van der Waals surface area contributed by atoms with E-state index < -0.39 is 0 Å². The molecule has 0 fully saturated rings. The topological polar surface area (TPSA) is 50.5 Å². The maximum atomic E-state index is 4.09. The molecular weight excluding hydrogens is 272 g/mol. The fourth-order valence-corrected chi connectivity index (χ4v) is 3.65. The van der Waals surface area contributed by atoms with Crippen LogP contribution in [0.3, 0.4) is 0 Å². The van der Waals surface area contributed by atoms with E-state index in [1.807, 2.05) is 0 Å². The Hall–Kier alpha value is -1.05. The summed E-state index contributed by atoms with van der Waals surface area (Å²) in [7, 11) is 4.35. The second-order valence-electron chi connectivity index (χ2n) is 2.37. The van der Waals surface area contributed by atoms with E-state index in [9.17, 15) is 0 Å². The largest absolute Gasteiger partial charge is 0.231 e. The molecule has 0 saturated carbocycles. The summed E-state index contributed by atoms with van der Waals surface area (Å²) in [5.74, 6) is 0. The molecule has 1 heterocycles. The lowest BCUT2D eigenvalue weighted by Crippen LogP contribution is -1.83. The summed E-state index contributed by atoms with van der Waals surface area (Å²) in [4.78, 5) is 16.3. The minimum absolute atomic E-state index is 0.605. The minimum Gasteiger partial charge on any atom is -0.231 e. The van der Waals surface area contributed by atoms with Gasteiger partial charge in [-0.2, -0.15) is 0 Å². The molecule has 0 aliphatic carbocycles. The van der Waals surface area contributed by atoms with Crippen molar-refractivity contribution in [2.24, 2.45) is 9.98 Å². The molecule has 7 heteroatoms. The molecule has 0 unspecified atom stereocenters. The van der Waals surface area contributed by atoms with Crippen LogP contribution in [0.4, 0.5) is 0 Å². The van der Waals surface area contributed by atoms with Crippen LogP contribution in [0.5, 0.6) is 0 Å². The van der Waals surface area contributed by atoms with Crippen LogP contribution >= 0.6 is 31.4 Å². The third-order valence-corrected chi connectivity index (χ3v) is 4.63. The van der Waals surface area contributed by atoms with Crippen molar-refractivity contribution < 1.29 is 0 Å². The molecular formula is C10H10N4S3. The minimum atomic E-state index is 0.605. The van der Waals surface area contributed by atoms with Crippen molar-refractivity contribution >= 4 is 42.8 Å². The standard InChI is InChI=1S/C10H10N4S3/c1-3-6-12-9(11-4-2)15-17-16-10-13-7-5-8-14-10/h3-8H,1-2H2/b11-9+,12-6-. The number of nitrogens with zero attached hydrogens (tertiary/aromatic N) is 4. The molecule has 0 aliphatic rings. The molecule has 88 valence electrons. The van der Waals surface area contributed by atoms with E-state index >= 15 is 0 Å². The van der Waals surface area contributed by atoms with Gasteiger partial charge in [-0.25, -0.2) is 20.0 Å². The number of aliphatic imine (C=N–C) groups is 2. The molecule has 0 bridgehead atoms. The quantitative estimate of drug-likeness (QED) is 0.357. The zero-order valence-electron chi connectivity index (χ0n) is 8.89. The Morgan fingerprint density at radius 3 is 2.71 bits per heavy atom. The van der Waals surface area contributed by atoms with E-state index in [-0.39, 0.29) is 0 Å². The van der Waals surface area contributed by atoms with Crippen LogP contribution in [0.1, 0.15) is 0 Å². The van der Waals surface area contributed by atoms with Crippen molar-refractivity contribution in [3.63, 3.8) is 0 Å². The Labute approximate surface area is 112 Å². The molecule has 0 aliphatic heterocycles. The van der Waals surface area contributed by atoms with Gasteiger partial charge in [0, 0.05) is 24.8 Å². The van der Waals surface area contributed by atoms with Gasteiger partial charge in [-0.1, -0.05) is 19.2 Å². The summed E-state index contributed by atoms with van der Waals surface area (Å²) in [5, 5.41) is 1.31. The average molecular weight is 282 g/mol. The Balaban J connectivity index is 2.42. The highest BCUT2D eigenvalue weighted by molar-refractivity contribution is 9.12.